The van der Waals surface area contributed by atoms with Crippen molar-refractivity contribution in [2.24, 2.45) is 5.92 Å². The van der Waals surface area contributed by atoms with Crippen LogP contribution in [0.1, 0.15) is 63.0 Å². The zero-order valence-corrected chi connectivity index (χ0v) is 17.4. The van der Waals surface area contributed by atoms with Gasteiger partial charge in [-0.1, -0.05) is 18.9 Å². The van der Waals surface area contributed by atoms with E-state index in [0.29, 0.717) is 18.5 Å². The Morgan fingerprint density at radius 1 is 1.00 bits per heavy atom. The lowest BCUT2D eigenvalue weighted by molar-refractivity contribution is -0.139. The Bertz CT molecular complexity index is 690. The fourth-order valence-corrected chi connectivity index (χ4v) is 5.66. The zero-order chi connectivity index (χ0) is 19.5. The van der Waals surface area contributed by atoms with Crippen LogP contribution in [0.3, 0.4) is 0 Å². The molecule has 28 heavy (non-hydrogen) atoms. The summed E-state index contributed by atoms with van der Waals surface area (Å²) in [6, 6.07) is 6.78. The van der Waals surface area contributed by atoms with E-state index in [-0.39, 0.29) is 6.04 Å². The molecule has 0 bridgehead atoms. The number of benzene rings is 1. The van der Waals surface area contributed by atoms with Crippen LogP contribution < -0.4 is 9.47 Å². The highest BCUT2D eigenvalue weighted by Gasteiger charge is 2.37. The van der Waals surface area contributed by atoms with Gasteiger partial charge in [0.25, 0.3) is 0 Å². The van der Waals surface area contributed by atoms with Gasteiger partial charge in [-0.15, -0.1) is 0 Å². The average Bonchev–Trinajstić information content (AvgIpc) is 3.20. The van der Waals surface area contributed by atoms with Crippen molar-refractivity contribution in [1.29, 1.82) is 0 Å². The number of carbonyl (C=O) groups excluding carboxylic acids is 1. The molecule has 1 aromatic carbocycles. The Labute approximate surface area is 169 Å². The second kappa shape index (κ2) is 8.73. The molecule has 3 aliphatic rings. The number of rotatable bonds is 5. The average molecular weight is 387 g/mol. The second-order valence-corrected chi connectivity index (χ2v) is 8.58. The van der Waals surface area contributed by atoms with Gasteiger partial charge in [-0.3, -0.25) is 9.69 Å². The summed E-state index contributed by atoms with van der Waals surface area (Å²) >= 11 is 0. The maximum atomic E-state index is 13.3. The van der Waals surface area contributed by atoms with Crippen molar-refractivity contribution >= 4 is 5.91 Å². The van der Waals surface area contributed by atoms with Crippen molar-refractivity contribution in [2.75, 3.05) is 33.9 Å². The first-order chi connectivity index (χ1) is 13.7. The molecule has 2 saturated heterocycles. The summed E-state index contributed by atoms with van der Waals surface area (Å²) in [6.07, 6.45) is 9.80. The molecule has 5 nitrogen and oxygen atoms in total. The number of likely N-dealkylation sites (tertiary alicyclic amines) is 2. The van der Waals surface area contributed by atoms with E-state index in [9.17, 15) is 4.79 Å². The van der Waals surface area contributed by atoms with E-state index < -0.39 is 0 Å². The third kappa shape index (κ3) is 3.86. The molecule has 3 unspecified atom stereocenters. The van der Waals surface area contributed by atoms with Crippen LogP contribution in [0.4, 0.5) is 0 Å². The van der Waals surface area contributed by atoms with E-state index in [1.807, 2.05) is 12.1 Å². The molecule has 1 saturated carbocycles. The molecule has 0 spiro atoms. The zero-order valence-electron chi connectivity index (χ0n) is 17.4. The number of hydrogen-bond acceptors (Lipinski definition) is 4. The summed E-state index contributed by atoms with van der Waals surface area (Å²) in [4.78, 5) is 17.9. The molecule has 1 amide bonds. The molecule has 2 heterocycles. The molecule has 0 N–H and O–H groups in total. The number of ether oxygens (including phenoxy) is 2. The van der Waals surface area contributed by atoms with Gasteiger partial charge < -0.3 is 14.4 Å². The van der Waals surface area contributed by atoms with Crippen molar-refractivity contribution in [1.82, 2.24) is 9.80 Å². The number of carbonyl (C=O) groups is 1. The highest BCUT2D eigenvalue weighted by Crippen LogP contribution is 2.39. The molecule has 3 atom stereocenters. The first-order valence-corrected chi connectivity index (χ1v) is 11.0. The maximum absolute atomic E-state index is 13.3. The summed E-state index contributed by atoms with van der Waals surface area (Å²) in [5, 5.41) is 0. The van der Waals surface area contributed by atoms with Crippen LogP contribution in [0, 0.1) is 5.92 Å². The molecular weight excluding hydrogens is 352 g/mol. The van der Waals surface area contributed by atoms with Crippen LogP contribution in [0.25, 0.3) is 0 Å². The van der Waals surface area contributed by atoms with Gasteiger partial charge in [0.2, 0.25) is 5.91 Å². The van der Waals surface area contributed by atoms with Crippen molar-refractivity contribution in [2.45, 2.75) is 63.5 Å². The van der Waals surface area contributed by atoms with Gasteiger partial charge in [-0.2, -0.15) is 0 Å². The highest BCUT2D eigenvalue weighted by molar-refractivity contribution is 5.79. The normalized spacial score (nSPS) is 28.1. The highest BCUT2D eigenvalue weighted by atomic mass is 16.5. The smallest absolute Gasteiger partial charge is 0.237 e. The second-order valence-electron chi connectivity index (χ2n) is 8.58. The van der Waals surface area contributed by atoms with Crippen molar-refractivity contribution in [3.05, 3.63) is 23.8 Å². The van der Waals surface area contributed by atoms with Crippen LogP contribution >= 0.6 is 0 Å². The molecule has 2 aliphatic heterocycles. The first kappa shape index (κ1) is 19.6. The topological polar surface area (TPSA) is 42.0 Å². The van der Waals surface area contributed by atoms with Gasteiger partial charge in [0.1, 0.15) is 11.5 Å². The largest absolute Gasteiger partial charge is 0.497 e. The van der Waals surface area contributed by atoms with Crippen LogP contribution in [-0.2, 0) is 4.79 Å². The lowest BCUT2D eigenvalue weighted by atomic mass is 9.78. The third-order valence-corrected chi connectivity index (χ3v) is 7.07. The van der Waals surface area contributed by atoms with Crippen molar-refractivity contribution in [3.63, 3.8) is 0 Å². The summed E-state index contributed by atoms with van der Waals surface area (Å²) < 4.78 is 11.0. The summed E-state index contributed by atoms with van der Waals surface area (Å²) in [7, 11) is 3.38. The minimum atomic E-state index is 0.247. The van der Waals surface area contributed by atoms with Crippen LogP contribution in [0.2, 0.25) is 0 Å². The number of amides is 1. The number of piperidine rings is 1. The number of methoxy groups -OCH3 is 2. The Morgan fingerprint density at radius 2 is 1.79 bits per heavy atom. The van der Waals surface area contributed by atoms with Crippen LogP contribution in [0.5, 0.6) is 11.5 Å². The Balaban J connectivity index is 1.47. The number of fused-ring (bicyclic) bond motifs is 1. The lowest BCUT2D eigenvalue weighted by Crippen LogP contribution is -2.52. The van der Waals surface area contributed by atoms with Gasteiger partial charge in [-0.25, -0.2) is 0 Å². The van der Waals surface area contributed by atoms with Crippen LogP contribution in [-0.4, -0.2) is 55.6 Å². The van der Waals surface area contributed by atoms with E-state index in [4.69, 9.17) is 9.47 Å². The lowest BCUT2D eigenvalue weighted by Gasteiger charge is -2.44. The summed E-state index contributed by atoms with van der Waals surface area (Å²) in [5.74, 6) is 2.73. The molecule has 3 fully saturated rings. The molecule has 154 valence electrons. The van der Waals surface area contributed by atoms with Gasteiger partial charge in [-0.05, 0) is 57.1 Å². The Hall–Kier alpha value is -1.75. The molecule has 1 aliphatic carbocycles. The van der Waals surface area contributed by atoms with Crippen molar-refractivity contribution in [3.8, 4) is 11.5 Å². The molecule has 0 aromatic heterocycles. The first-order valence-electron chi connectivity index (χ1n) is 11.0. The SMILES string of the molecule is COc1ccc(C2CCCN2CC(=O)N2CCCC3CCCCC32)c(OC)c1. The minimum Gasteiger partial charge on any atom is -0.497 e. The Morgan fingerprint density at radius 3 is 2.61 bits per heavy atom. The molecular formula is C23H34N2O3. The summed E-state index contributed by atoms with van der Waals surface area (Å²) in [6.45, 7) is 2.46. The number of hydrogen-bond donors (Lipinski definition) is 0. The number of nitrogens with zero attached hydrogens (tertiary/aromatic N) is 2. The van der Waals surface area contributed by atoms with Gasteiger partial charge in [0.15, 0.2) is 0 Å². The molecule has 5 heteroatoms. The van der Waals surface area contributed by atoms with Gasteiger partial charge in [0, 0.05) is 30.3 Å². The van der Waals surface area contributed by atoms with E-state index in [1.54, 1.807) is 14.2 Å². The predicted molar refractivity (Wildman–Crippen MR) is 110 cm³/mol. The predicted octanol–water partition coefficient (Wildman–Crippen LogP) is 4.02. The Kier molecular flexibility index (Phi) is 6.10. The van der Waals surface area contributed by atoms with E-state index in [1.165, 1.54) is 44.1 Å². The molecule has 0 radical (unpaired) electrons. The molecule has 4 rings (SSSR count). The minimum absolute atomic E-state index is 0.247. The standard InChI is InChI=1S/C23H34N2O3/c1-27-18-11-12-19(22(15-18)28-2)21-10-6-13-24(21)16-23(26)25-14-5-8-17-7-3-4-9-20(17)25/h11-12,15,17,20-21H,3-10,13-14,16H2,1-2H3. The van der Waals surface area contributed by atoms with E-state index in [0.717, 1.165) is 43.3 Å². The van der Waals surface area contributed by atoms with Crippen LogP contribution in [0.15, 0.2) is 18.2 Å². The van der Waals surface area contributed by atoms with Gasteiger partial charge in [0.05, 0.1) is 20.8 Å². The third-order valence-electron chi connectivity index (χ3n) is 7.07. The van der Waals surface area contributed by atoms with Gasteiger partial charge >= 0.3 is 0 Å². The molecule has 1 aromatic rings. The monoisotopic (exact) mass is 386 g/mol. The van der Waals surface area contributed by atoms with E-state index in [2.05, 4.69) is 15.9 Å². The van der Waals surface area contributed by atoms with Crippen molar-refractivity contribution < 1.29 is 14.3 Å². The fourth-order valence-electron chi connectivity index (χ4n) is 5.66. The van der Waals surface area contributed by atoms with E-state index >= 15 is 0 Å². The fraction of sp³-hybridized carbons (Fsp3) is 0.696. The quantitative estimate of drug-likeness (QED) is 0.766. The summed E-state index contributed by atoms with van der Waals surface area (Å²) in [5.41, 5.74) is 1.17. The maximum Gasteiger partial charge on any atom is 0.237 e.